The van der Waals surface area contributed by atoms with Crippen LogP contribution in [0.4, 0.5) is 0 Å². The summed E-state index contributed by atoms with van der Waals surface area (Å²) in [5.41, 5.74) is 2.06. The van der Waals surface area contributed by atoms with Gasteiger partial charge in [-0.25, -0.2) is 0 Å². The Bertz CT molecular complexity index is 502. The largest absolute Gasteiger partial charge is 0.490 e. The van der Waals surface area contributed by atoms with Gasteiger partial charge in [-0.15, -0.1) is 0 Å². The van der Waals surface area contributed by atoms with Gasteiger partial charge >= 0.3 is 0 Å². The van der Waals surface area contributed by atoms with Crippen molar-refractivity contribution < 1.29 is 9.15 Å². The fourth-order valence-corrected chi connectivity index (χ4v) is 1.92. The van der Waals surface area contributed by atoms with E-state index >= 15 is 0 Å². The molecule has 0 aliphatic carbocycles. The molecule has 1 aromatic heterocycles. The van der Waals surface area contributed by atoms with Gasteiger partial charge in [0.15, 0.2) is 11.3 Å². The molecule has 3 nitrogen and oxygen atoms in total. The summed E-state index contributed by atoms with van der Waals surface area (Å²) < 4.78 is 11.6. The van der Waals surface area contributed by atoms with E-state index in [4.69, 9.17) is 9.15 Å². The van der Waals surface area contributed by atoms with Crippen LogP contribution in [0.3, 0.4) is 0 Å². The van der Waals surface area contributed by atoms with Crippen molar-refractivity contribution in [3.63, 3.8) is 0 Å². The van der Waals surface area contributed by atoms with E-state index in [2.05, 4.69) is 25.2 Å². The molecule has 0 unspecified atom stereocenters. The number of fused-ring (bicyclic) bond motifs is 1. The van der Waals surface area contributed by atoms with E-state index in [1.54, 1.807) is 0 Å². The highest BCUT2D eigenvalue weighted by Crippen LogP contribution is 2.32. The smallest absolute Gasteiger partial charge is 0.176 e. The minimum absolute atomic E-state index is 0.722. The summed E-state index contributed by atoms with van der Waals surface area (Å²) in [6, 6.07) is 6.05. The first kappa shape index (κ1) is 12.0. The van der Waals surface area contributed by atoms with Gasteiger partial charge in [-0.3, -0.25) is 0 Å². The van der Waals surface area contributed by atoms with Crippen LogP contribution in [-0.4, -0.2) is 13.7 Å². The number of nitrogens with one attached hydrogen (secondary N) is 1. The fourth-order valence-electron chi connectivity index (χ4n) is 1.92. The molecule has 2 rings (SSSR count). The van der Waals surface area contributed by atoms with Crippen molar-refractivity contribution in [1.82, 2.24) is 5.32 Å². The number of aryl methyl sites for hydroxylation is 1. The zero-order chi connectivity index (χ0) is 12.3. The van der Waals surface area contributed by atoms with Gasteiger partial charge in [0.05, 0.1) is 13.2 Å². The number of furan rings is 1. The Morgan fingerprint density at radius 2 is 2.18 bits per heavy atom. The first-order chi connectivity index (χ1) is 8.27. The normalized spacial score (nSPS) is 11.0. The predicted octanol–water partition coefficient (Wildman–Crippen LogP) is 3.25. The van der Waals surface area contributed by atoms with Crippen LogP contribution in [0.25, 0.3) is 11.0 Å². The van der Waals surface area contributed by atoms with E-state index in [9.17, 15) is 0 Å². The molecule has 0 spiro atoms. The zero-order valence-corrected chi connectivity index (χ0v) is 10.7. The fraction of sp³-hybridized carbons (Fsp3) is 0.429. The maximum atomic E-state index is 5.88. The van der Waals surface area contributed by atoms with Gasteiger partial charge in [-0.2, -0.15) is 0 Å². The van der Waals surface area contributed by atoms with Crippen LogP contribution in [0.2, 0.25) is 0 Å². The Balaban J connectivity index is 2.45. The quantitative estimate of drug-likeness (QED) is 0.860. The molecule has 0 aliphatic rings. The second kappa shape index (κ2) is 5.23. The number of hydrogen-bond acceptors (Lipinski definition) is 3. The van der Waals surface area contributed by atoms with Gasteiger partial charge in [0.2, 0.25) is 0 Å². The second-order valence-electron chi connectivity index (χ2n) is 4.16. The molecule has 3 heteroatoms. The number of hydrogen-bond donors (Lipinski definition) is 1. The molecule has 0 amide bonds. The maximum absolute atomic E-state index is 5.88. The Kier molecular flexibility index (Phi) is 3.69. The van der Waals surface area contributed by atoms with Gasteiger partial charge < -0.3 is 14.5 Å². The summed E-state index contributed by atoms with van der Waals surface area (Å²) in [5.74, 6) is 1.82. The SMILES string of the molecule is CCCOc1cccc2c(C)c(CNC)oc12. The summed E-state index contributed by atoms with van der Waals surface area (Å²) in [4.78, 5) is 0. The lowest BCUT2D eigenvalue weighted by atomic mass is 10.1. The summed E-state index contributed by atoms with van der Waals surface area (Å²) in [6.07, 6.45) is 0.999. The van der Waals surface area contributed by atoms with Crippen molar-refractivity contribution in [2.24, 2.45) is 0 Å². The van der Waals surface area contributed by atoms with Gasteiger partial charge in [-0.05, 0) is 32.0 Å². The van der Waals surface area contributed by atoms with Crippen LogP contribution in [0, 0.1) is 6.92 Å². The Morgan fingerprint density at radius 1 is 1.35 bits per heavy atom. The third-order valence-electron chi connectivity index (χ3n) is 2.83. The molecule has 92 valence electrons. The summed E-state index contributed by atoms with van der Waals surface area (Å²) >= 11 is 0. The van der Waals surface area contributed by atoms with Gasteiger partial charge in [-0.1, -0.05) is 19.1 Å². The molecule has 2 aromatic rings. The van der Waals surface area contributed by atoms with Crippen LogP contribution in [0.15, 0.2) is 22.6 Å². The van der Waals surface area contributed by atoms with E-state index in [1.807, 2.05) is 19.2 Å². The molecular formula is C14H19NO2. The first-order valence-corrected chi connectivity index (χ1v) is 6.06. The Morgan fingerprint density at radius 3 is 2.88 bits per heavy atom. The molecule has 0 bridgehead atoms. The minimum Gasteiger partial charge on any atom is -0.490 e. The lowest BCUT2D eigenvalue weighted by molar-refractivity contribution is 0.315. The van der Waals surface area contributed by atoms with E-state index in [1.165, 1.54) is 5.56 Å². The van der Waals surface area contributed by atoms with Crippen molar-refractivity contribution in [2.75, 3.05) is 13.7 Å². The highest BCUT2D eigenvalue weighted by atomic mass is 16.5. The minimum atomic E-state index is 0.722. The zero-order valence-electron chi connectivity index (χ0n) is 10.7. The first-order valence-electron chi connectivity index (χ1n) is 6.06. The highest BCUT2D eigenvalue weighted by Gasteiger charge is 2.13. The molecule has 0 saturated carbocycles. The van der Waals surface area contributed by atoms with Crippen LogP contribution < -0.4 is 10.1 Å². The summed E-state index contributed by atoms with van der Waals surface area (Å²) in [6.45, 7) is 5.65. The van der Waals surface area contributed by atoms with E-state index in [-0.39, 0.29) is 0 Å². The Hall–Kier alpha value is -1.48. The van der Waals surface area contributed by atoms with Crippen LogP contribution in [-0.2, 0) is 6.54 Å². The van der Waals surface area contributed by atoms with Crippen molar-refractivity contribution in [3.8, 4) is 5.75 Å². The van der Waals surface area contributed by atoms with Crippen LogP contribution in [0.5, 0.6) is 5.75 Å². The van der Waals surface area contributed by atoms with E-state index < -0.39 is 0 Å². The number of rotatable bonds is 5. The van der Waals surface area contributed by atoms with Crippen molar-refractivity contribution >= 4 is 11.0 Å². The van der Waals surface area contributed by atoms with E-state index in [0.29, 0.717) is 0 Å². The third-order valence-corrected chi connectivity index (χ3v) is 2.83. The Labute approximate surface area is 102 Å². The summed E-state index contributed by atoms with van der Waals surface area (Å²) in [5, 5.41) is 4.26. The molecule has 0 fully saturated rings. The molecule has 1 aromatic carbocycles. The molecule has 0 aliphatic heterocycles. The molecule has 0 radical (unpaired) electrons. The van der Waals surface area contributed by atoms with Gasteiger partial charge in [0.1, 0.15) is 5.76 Å². The number of benzene rings is 1. The van der Waals surface area contributed by atoms with Crippen LogP contribution >= 0.6 is 0 Å². The molecule has 0 atom stereocenters. The molecule has 17 heavy (non-hydrogen) atoms. The molecule has 1 N–H and O–H groups in total. The lowest BCUT2D eigenvalue weighted by Crippen LogP contribution is -2.04. The number of ether oxygens (including phenoxy) is 1. The average Bonchev–Trinajstić information content (AvgIpc) is 2.66. The molecule has 1 heterocycles. The third kappa shape index (κ3) is 2.29. The lowest BCUT2D eigenvalue weighted by Gasteiger charge is -2.04. The standard InChI is InChI=1S/C14H19NO2/c1-4-8-16-12-7-5-6-11-10(2)13(9-15-3)17-14(11)12/h5-7,15H,4,8-9H2,1-3H3. The molecular weight excluding hydrogens is 214 g/mol. The van der Waals surface area contributed by atoms with Crippen molar-refractivity contribution in [3.05, 3.63) is 29.5 Å². The van der Waals surface area contributed by atoms with Gasteiger partial charge in [0, 0.05) is 5.39 Å². The second-order valence-corrected chi connectivity index (χ2v) is 4.16. The van der Waals surface area contributed by atoms with Gasteiger partial charge in [0.25, 0.3) is 0 Å². The topological polar surface area (TPSA) is 34.4 Å². The van der Waals surface area contributed by atoms with Crippen molar-refractivity contribution in [2.45, 2.75) is 26.8 Å². The average molecular weight is 233 g/mol. The maximum Gasteiger partial charge on any atom is 0.176 e. The predicted molar refractivity (Wildman–Crippen MR) is 69.5 cm³/mol. The van der Waals surface area contributed by atoms with Crippen molar-refractivity contribution in [1.29, 1.82) is 0 Å². The van der Waals surface area contributed by atoms with E-state index in [0.717, 1.165) is 42.1 Å². The summed E-state index contributed by atoms with van der Waals surface area (Å²) in [7, 11) is 1.92. The van der Waals surface area contributed by atoms with Crippen LogP contribution in [0.1, 0.15) is 24.7 Å². The monoisotopic (exact) mass is 233 g/mol. The highest BCUT2D eigenvalue weighted by molar-refractivity contribution is 5.87. The molecule has 0 saturated heterocycles. The number of para-hydroxylation sites is 1.